The number of carbonyl (C=O) groups excluding carboxylic acids is 3. The van der Waals surface area contributed by atoms with Crippen LogP contribution in [0.25, 0.3) is 0 Å². The SMILES string of the molecule is Cc1ccc(NC(=O)COC(=O)CCC(=O)N2CCC(c3ccccc3)=N2)cc1F. The third kappa shape index (κ3) is 5.73. The van der Waals surface area contributed by atoms with Gasteiger partial charge < -0.3 is 10.1 Å². The number of ether oxygens (including phenoxy) is 1. The van der Waals surface area contributed by atoms with Crippen LogP contribution in [0.15, 0.2) is 53.6 Å². The van der Waals surface area contributed by atoms with Crippen molar-refractivity contribution in [3.05, 3.63) is 65.5 Å². The molecule has 0 spiro atoms. The van der Waals surface area contributed by atoms with Crippen LogP contribution >= 0.6 is 0 Å². The van der Waals surface area contributed by atoms with E-state index >= 15 is 0 Å². The normalized spacial score (nSPS) is 13.0. The van der Waals surface area contributed by atoms with Crippen molar-refractivity contribution in [1.82, 2.24) is 5.01 Å². The number of esters is 1. The minimum Gasteiger partial charge on any atom is -0.456 e. The van der Waals surface area contributed by atoms with Crippen molar-refractivity contribution >= 4 is 29.2 Å². The highest BCUT2D eigenvalue weighted by Gasteiger charge is 2.22. The fourth-order valence-corrected chi connectivity index (χ4v) is 2.89. The molecule has 0 atom stereocenters. The number of hydrogen-bond acceptors (Lipinski definition) is 5. The second-order valence-electron chi connectivity index (χ2n) is 6.85. The van der Waals surface area contributed by atoms with E-state index in [2.05, 4.69) is 10.4 Å². The number of rotatable bonds is 7. The fourth-order valence-electron chi connectivity index (χ4n) is 2.89. The molecule has 1 N–H and O–H groups in total. The monoisotopic (exact) mass is 411 g/mol. The largest absolute Gasteiger partial charge is 0.456 e. The number of nitrogens with zero attached hydrogens (tertiary/aromatic N) is 2. The Morgan fingerprint density at radius 3 is 2.63 bits per heavy atom. The Balaban J connectivity index is 1.40. The topological polar surface area (TPSA) is 88.1 Å². The summed E-state index contributed by atoms with van der Waals surface area (Å²) in [4.78, 5) is 35.9. The van der Waals surface area contributed by atoms with Gasteiger partial charge in [0.05, 0.1) is 18.7 Å². The molecule has 2 amide bonds. The average Bonchev–Trinajstić information content (AvgIpc) is 3.24. The van der Waals surface area contributed by atoms with Gasteiger partial charge in [0.2, 0.25) is 5.91 Å². The van der Waals surface area contributed by atoms with Gasteiger partial charge in [-0.25, -0.2) is 9.40 Å². The predicted molar refractivity (Wildman–Crippen MR) is 109 cm³/mol. The van der Waals surface area contributed by atoms with Crippen LogP contribution in [0, 0.1) is 12.7 Å². The first-order valence-electron chi connectivity index (χ1n) is 9.57. The van der Waals surface area contributed by atoms with E-state index in [-0.39, 0.29) is 24.4 Å². The van der Waals surface area contributed by atoms with Crippen LogP contribution in [0.5, 0.6) is 0 Å². The first-order valence-corrected chi connectivity index (χ1v) is 9.57. The Morgan fingerprint density at radius 2 is 1.90 bits per heavy atom. The van der Waals surface area contributed by atoms with Gasteiger partial charge in [0.25, 0.3) is 5.91 Å². The van der Waals surface area contributed by atoms with Crippen molar-refractivity contribution < 1.29 is 23.5 Å². The minimum absolute atomic E-state index is 0.0603. The van der Waals surface area contributed by atoms with Crippen LogP contribution in [-0.4, -0.2) is 41.7 Å². The van der Waals surface area contributed by atoms with Gasteiger partial charge in [-0.3, -0.25) is 14.4 Å². The van der Waals surface area contributed by atoms with Gasteiger partial charge >= 0.3 is 5.97 Å². The highest BCUT2D eigenvalue weighted by atomic mass is 19.1. The summed E-state index contributed by atoms with van der Waals surface area (Å²) >= 11 is 0. The highest BCUT2D eigenvalue weighted by molar-refractivity contribution is 6.02. The molecule has 1 aliphatic heterocycles. The first kappa shape index (κ1) is 21.2. The van der Waals surface area contributed by atoms with Crippen molar-refractivity contribution in [1.29, 1.82) is 0 Å². The van der Waals surface area contributed by atoms with Gasteiger partial charge in [-0.05, 0) is 30.2 Å². The van der Waals surface area contributed by atoms with E-state index in [0.29, 0.717) is 18.5 Å². The summed E-state index contributed by atoms with van der Waals surface area (Å²) in [5, 5.41) is 8.13. The standard InChI is InChI=1S/C22H22FN3O4/c1-15-7-8-17(13-18(15)23)24-20(27)14-30-22(29)10-9-21(28)26-12-11-19(25-26)16-5-3-2-4-6-16/h2-8,13H,9-12,14H2,1H3,(H,24,27). The molecule has 2 aromatic carbocycles. The maximum Gasteiger partial charge on any atom is 0.306 e. The van der Waals surface area contributed by atoms with Gasteiger partial charge in [0.1, 0.15) is 5.82 Å². The van der Waals surface area contributed by atoms with Crippen LogP contribution < -0.4 is 5.32 Å². The molecule has 0 saturated heterocycles. The Morgan fingerprint density at radius 1 is 1.13 bits per heavy atom. The fraction of sp³-hybridized carbons (Fsp3) is 0.273. The molecule has 0 aromatic heterocycles. The van der Waals surface area contributed by atoms with E-state index in [9.17, 15) is 18.8 Å². The second kappa shape index (κ2) is 9.78. The van der Waals surface area contributed by atoms with E-state index in [1.165, 1.54) is 17.1 Å². The van der Waals surface area contributed by atoms with E-state index in [1.54, 1.807) is 13.0 Å². The molecule has 0 bridgehead atoms. The van der Waals surface area contributed by atoms with Crippen LogP contribution in [-0.2, 0) is 19.1 Å². The smallest absolute Gasteiger partial charge is 0.306 e. The van der Waals surface area contributed by atoms with Crippen molar-refractivity contribution in [2.45, 2.75) is 26.2 Å². The molecule has 1 heterocycles. The number of nitrogens with one attached hydrogen (secondary N) is 1. The molecule has 0 aliphatic carbocycles. The van der Waals surface area contributed by atoms with Crippen LogP contribution in [0.4, 0.5) is 10.1 Å². The Hall–Kier alpha value is -3.55. The van der Waals surface area contributed by atoms with Gasteiger partial charge in [0.15, 0.2) is 6.61 Å². The van der Waals surface area contributed by atoms with Crippen molar-refractivity contribution in [2.75, 3.05) is 18.5 Å². The lowest BCUT2D eigenvalue weighted by Gasteiger charge is -2.11. The number of aryl methyl sites for hydroxylation is 1. The van der Waals surface area contributed by atoms with Crippen LogP contribution in [0.3, 0.4) is 0 Å². The molecule has 2 aromatic rings. The number of carbonyl (C=O) groups is 3. The summed E-state index contributed by atoms with van der Waals surface area (Å²) < 4.78 is 18.4. The first-order chi connectivity index (χ1) is 14.4. The summed E-state index contributed by atoms with van der Waals surface area (Å²) in [7, 11) is 0. The molecule has 0 unspecified atom stereocenters. The molecular formula is C22H22FN3O4. The van der Waals surface area contributed by atoms with E-state index in [4.69, 9.17) is 4.74 Å². The third-order valence-corrected chi connectivity index (χ3v) is 4.56. The summed E-state index contributed by atoms with van der Waals surface area (Å²) in [6, 6.07) is 13.9. The zero-order chi connectivity index (χ0) is 21.5. The van der Waals surface area contributed by atoms with Crippen molar-refractivity contribution in [3.63, 3.8) is 0 Å². The predicted octanol–water partition coefficient (Wildman–Crippen LogP) is 3.03. The van der Waals surface area contributed by atoms with Gasteiger partial charge in [-0.1, -0.05) is 36.4 Å². The number of hydrazone groups is 1. The number of amides is 2. The summed E-state index contributed by atoms with van der Waals surface area (Å²) in [6.07, 6.45) is 0.438. The molecule has 30 heavy (non-hydrogen) atoms. The van der Waals surface area contributed by atoms with Gasteiger partial charge in [0, 0.05) is 18.5 Å². The van der Waals surface area contributed by atoms with Crippen molar-refractivity contribution in [3.8, 4) is 0 Å². The molecule has 7 nitrogen and oxygen atoms in total. The van der Waals surface area contributed by atoms with E-state index < -0.39 is 24.3 Å². The zero-order valence-electron chi connectivity index (χ0n) is 16.6. The average molecular weight is 411 g/mol. The van der Waals surface area contributed by atoms with E-state index in [1.807, 2.05) is 30.3 Å². The molecule has 0 radical (unpaired) electrons. The van der Waals surface area contributed by atoms with Crippen LogP contribution in [0.2, 0.25) is 0 Å². The maximum atomic E-state index is 13.5. The molecule has 8 heteroatoms. The Kier molecular flexibility index (Phi) is 6.90. The molecule has 1 aliphatic rings. The molecule has 0 fully saturated rings. The molecule has 0 saturated carbocycles. The zero-order valence-corrected chi connectivity index (χ0v) is 16.6. The van der Waals surface area contributed by atoms with E-state index in [0.717, 1.165) is 11.3 Å². The maximum absolute atomic E-state index is 13.5. The summed E-state index contributed by atoms with van der Waals surface area (Å²) in [5.74, 6) is -1.98. The van der Waals surface area contributed by atoms with Gasteiger partial charge in [-0.2, -0.15) is 5.10 Å². The molecule has 3 rings (SSSR count). The quantitative estimate of drug-likeness (QED) is 0.710. The third-order valence-electron chi connectivity index (χ3n) is 4.56. The lowest BCUT2D eigenvalue weighted by molar-refractivity contribution is -0.148. The second-order valence-corrected chi connectivity index (χ2v) is 6.85. The highest BCUT2D eigenvalue weighted by Crippen LogP contribution is 2.15. The minimum atomic E-state index is -0.667. The van der Waals surface area contributed by atoms with Gasteiger partial charge in [-0.15, -0.1) is 0 Å². The lowest BCUT2D eigenvalue weighted by atomic mass is 10.1. The van der Waals surface area contributed by atoms with Crippen LogP contribution in [0.1, 0.15) is 30.4 Å². The number of benzene rings is 2. The van der Waals surface area contributed by atoms with Crippen molar-refractivity contribution in [2.24, 2.45) is 5.10 Å². The summed E-state index contributed by atoms with van der Waals surface area (Å²) in [5.41, 5.74) is 2.53. The molecular weight excluding hydrogens is 389 g/mol. The summed E-state index contributed by atoms with van der Waals surface area (Å²) in [6.45, 7) is 1.57. The Labute approximate surface area is 173 Å². The number of anilines is 1. The Bertz CT molecular complexity index is 976. The number of hydrogen-bond donors (Lipinski definition) is 1. The lowest BCUT2D eigenvalue weighted by Crippen LogP contribution is -2.25. The molecule has 156 valence electrons. The number of halogens is 1.